The van der Waals surface area contributed by atoms with Crippen LogP contribution in [0, 0.1) is 5.82 Å². The summed E-state index contributed by atoms with van der Waals surface area (Å²) < 4.78 is 13.7. The van der Waals surface area contributed by atoms with Gasteiger partial charge in [-0.25, -0.2) is 9.37 Å². The molecule has 112 valence electrons. The summed E-state index contributed by atoms with van der Waals surface area (Å²) in [7, 11) is 1.64. The van der Waals surface area contributed by atoms with Gasteiger partial charge < -0.3 is 4.90 Å². The van der Waals surface area contributed by atoms with Gasteiger partial charge in [-0.3, -0.25) is 9.78 Å². The Labute approximate surface area is 135 Å². The van der Waals surface area contributed by atoms with E-state index in [1.807, 2.05) is 6.26 Å². The lowest BCUT2D eigenvalue weighted by atomic mass is 10.3. The lowest BCUT2D eigenvalue weighted by molar-refractivity contribution is -0.117. The predicted molar refractivity (Wildman–Crippen MR) is 86.7 cm³/mol. The Balaban J connectivity index is 2.27. The molecule has 4 nitrogen and oxygen atoms in total. The molecule has 0 aliphatic rings. The fourth-order valence-corrected chi connectivity index (χ4v) is 3.33. The van der Waals surface area contributed by atoms with E-state index < -0.39 is 5.82 Å². The van der Waals surface area contributed by atoms with Crippen LogP contribution in [0.25, 0.3) is 10.6 Å². The molecule has 0 aliphatic carbocycles. The van der Waals surface area contributed by atoms with E-state index in [9.17, 15) is 9.18 Å². The maximum absolute atomic E-state index is 13.7. The van der Waals surface area contributed by atoms with Crippen molar-refractivity contribution in [1.82, 2.24) is 9.97 Å². The number of anilines is 1. The molecule has 0 fully saturated rings. The highest BCUT2D eigenvalue weighted by Gasteiger charge is 2.20. The summed E-state index contributed by atoms with van der Waals surface area (Å²) in [4.78, 5) is 21.5. The number of halogens is 2. The molecule has 0 atom stereocenters. The minimum absolute atomic E-state index is 0.0480. The number of pyridine rings is 1. The summed E-state index contributed by atoms with van der Waals surface area (Å²) in [6.45, 7) is 0. The number of thiazole rings is 1. The van der Waals surface area contributed by atoms with Gasteiger partial charge >= 0.3 is 0 Å². The summed E-state index contributed by atoms with van der Waals surface area (Å²) in [5, 5.41) is 1.12. The van der Waals surface area contributed by atoms with Gasteiger partial charge in [-0.2, -0.15) is 11.8 Å². The maximum atomic E-state index is 13.7. The van der Waals surface area contributed by atoms with Crippen molar-refractivity contribution in [3.05, 3.63) is 29.4 Å². The first-order chi connectivity index (χ1) is 10.0. The molecule has 2 heterocycles. The molecule has 0 aliphatic heterocycles. The molecule has 2 aromatic rings. The van der Waals surface area contributed by atoms with Crippen LogP contribution in [0.1, 0.15) is 6.42 Å². The van der Waals surface area contributed by atoms with E-state index in [1.165, 1.54) is 34.7 Å². The number of rotatable bonds is 5. The Bertz CT molecular complexity index is 650. The van der Waals surface area contributed by atoms with Crippen molar-refractivity contribution in [1.29, 1.82) is 0 Å². The summed E-state index contributed by atoms with van der Waals surface area (Å²) in [5.41, 5.74) is 0.278. The molecule has 0 spiro atoms. The molecule has 1 amide bonds. The van der Waals surface area contributed by atoms with E-state index in [0.29, 0.717) is 16.4 Å². The Morgan fingerprint density at radius 2 is 2.33 bits per heavy atom. The van der Waals surface area contributed by atoms with Gasteiger partial charge in [0.15, 0.2) is 5.15 Å². The zero-order chi connectivity index (χ0) is 15.4. The van der Waals surface area contributed by atoms with Crippen molar-refractivity contribution in [2.24, 2.45) is 0 Å². The molecular formula is C13H13ClFN3OS2. The van der Waals surface area contributed by atoms with Crippen LogP contribution in [0.2, 0.25) is 5.15 Å². The lowest BCUT2D eigenvalue weighted by Gasteiger charge is -2.14. The highest BCUT2D eigenvalue weighted by molar-refractivity contribution is 7.98. The standard InChI is InChI=1S/C13H13ClFN3OS2/c1-18(10(19)4-6-20-2)13-11(14)17-12(21-13)8-7-16-5-3-9(8)15/h3,5,7H,4,6H2,1-2H3. The van der Waals surface area contributed by atoms with Gasteiger partial charge in [0.25, 0.3) is 0 Å². The molecule has 0 bridgehead atoms. The topological polar surface area (TPSA) is 46.1 Å². The highest BCUT2D eigenvalue weighted by atomic mass is 35.5. The predicted octanol–water partition coefficient (Wildman–Crippen LogP) is 3.71. The Morgan fingerprint density at radius 1 is 1.57 bits per heavy atom. The molecule has 21 heavy (non-hydrogen) atoms. The fraction of sp³-hybridized carbons (Fsp3) is 0.308. The van der Waals surface area contributed by atoms with E-state index in [1.54, 1.807) is 18.8 Å². The molecule has 0 unspecified atom stereocenters. The third kappa shape index (κ3) is 3.72. The summed E-state index contributed by atoms with van der Waals surface area (Å²) >= 11 is 8.85. The first kappa shape index (κ1) is 16.2. The third-order valence-corrected chi connectivity index (χ3v) is 4.92. The van der Waals surface area contributed by atoms with Crippen molar-refractivity contribution in [2.45, 2.75) is 6.42 Å². The monoisotopic (exact) mass is 345 g/mol. The van der Waals surface area contributed by atoms with Crippen LogP contribution in [-0.4, -0.2) is 34.9 Å². The number of aromatic nitrogens is 2. The number of hydrogen-bond donors (Lipinski definition) is 0. The van der Waals surface area contributed by atoms with E-state index in [0.717, 1.165) is 5.75 Å². The SMILES string of the molecule is CSCCC(=O)N(C)c1sc(-c2cnccc2F)nc1Cl. The summed E-state index contributed by atoms with van der Waals surface area (Å²) in [5.74, 6) is 0.274. The molecule has 0 saturated heterocycles. The van der Waals surface area contributed by atoms with Crippen molar-refractivity contribution in [3.8, 4) is 10.6 Å². The Kier molecular flexibility index (Phi) is 5.55. The van der Waals surface area contributed by atoms with E-state index >= 15 is 0 Å². The van der Waals surface area contributed by atoms with E-state index in [-0.39, 0.29) is 16.6 Å². The van der Waals surface area contributed by atoms with Crippen LogP contribution < -0.4 is 4.90 Å². The van der Waals surface area contributed by atoms with Gasteiger partial charge in [0, 0.05) is 31.6 Å². The van der Waals surface area contributed by atoms with Gasteiger partial charge in [-0.05, 0) is 12.3 Å². The molecular weight excluding hydrogens is 333 g/mol. The minimum Gasteiger partial charge on any atom is -0.304 e. The van der Waals surface area contributed by atoms with Crippen molar-refractivity contribution in [2.75, 3.05) is 24.0 Å². The zero-order valence-electron chi connectivity index (χ0n) is 11.5. The van der Waals surface area contributed by atoms with Crippen LogP contribution in [0.15, 0.2) is 18.5 Å². The average molecular weight is 346 g/mol. The molecule has 0 radical (unpaired) electrons. The van der Waals surface area contributed by atoms with Crippen LogP contribution >= 0.6 is 34.7 Å². The number of amides is 1. The molecule has 2 rings (SSSR count). The fourth-order valence-electron chi connectivity index (χ4n) is 1.62. The first-order valence-electron chi connectivity index (χ1n) is 6.06. The van der Waals surface area contributed by atoms with Crippen molar-refractivity contribution < 1.29 is 9.18 Å². The van der Waals surface area contributed by atoms with E-state index in [2.05, 4.69) is 9.97 Å². The lowest BCUT2D eigenvalue weighted by Crippen LogP contribution is -2.25. The van der Waals surface area contributed by atoms with Gasteiger partial charge in [-0.1, -0.05) is 22.9 Å². The number of carbonyl (C=O) groups excluding carboxylic acids is 1. The second kappa shape index (κ2) is 7.20. The third-order valence-electron chi connectivity index (χ3n) is 2.77. The second-order valence-corrected chi connectivity index (χ2v) is 6.49. The highest BCUT2D eigenvalue weighted by Crippen LogP contribution is 2.37. The van der Waals surface area contributed by atoms with Gasteiger partial charge in [0.1, 0.15) is 15.8 Å². The summed E-state index contributed by atoms with van der Waals surface area (Å²) in [6.07, 6.45) is 5.12. The number of hydrogen-bond acceptors (Lipinski definition) is 5. The minimum atomic E-state index is -0.418. The van der Waals surface area contributed by atoms with Gasteiger partial charge in [-0.15, -0.1) is 0 Å². The molecule has 0 aromatic carbocycles. The van der Waals surface area contributed by atoms with Gasteiger partial charge in [0.05, 0.1) is 5.56 Å². The largest absolute Gasteiger partial charge is 0.304 e. The van der Waals surface area contributed by atoms with Gasteiger partial charge in [0.2, 0.25) is 5.91 Å². The van der Waals surface area contributed by atoms with Crippen molar-refractivity contribution >= 4 is 45.6 Å². The van der Waals surface area contributed by atoms with E-state index in [4.69, 9.17) is 11.6 Å². The number of thioether (sulfide) groups is 1. The number of nitrogens with zero attached hydrogens (tertiary/aromatic N) is 3. The van der Waals surface area contributed by atoms with Crippen molar-refractivity contribution in [3.63, 3.8) is 0 Å². The molecule has 8 heteroatoms. The first-order valence-corrected chi connectivity index (χ1v) is 8.65. The molecule has 0 saturated carbocycles. The van der Waals surface area contributed by atoms with Crippen LogP contribution in [0.3, 0.4) is 0 Å². The molecule has 2 aromatic heterocycles. The second-order valence-electron chi connectivity index (χ2n) is 4.17. The summed E-state index contributed by atoms with van der Waals surface area (Å²) in [6, 6.07) is 1.26. The number of carbonyl (C=O) groups is 1. The van der Waals surface area contributed by atoms with Crippen LogP contribution in [0.4, 0.5) is 9.39 Å². The maximum Gasteiger partial charge on any atom is 0.228 e. The van der Waals surface area contributed by atoms with Crippen LogP contribution in [-0.2, 0) is 4.79 Å². The Morgan fingerprint density at radius 3 is 3.00 bits per heavy atom. The quantitative estimate of drug-likeness (QED) is 0.828. The zero-order valence-corrected chi connectivity index (χ0v) is 13.9. The smallest absolute Gasteiger partial charge is 0.228 e. The molecule has 0 N–H and O–H groups in total. The average Bonchev–Trinajstić information content (AvgIpc) is 2.86. The normalized spacial score (nSPS) is 10.7. The van der Waals surface area contributed by atoms with Crippen LogP contribution in [0.5, 0.6) is 0 Å². The Hall–Kier alpha value is -1.18.